The molecule has 1 unspecified atom stereocenters. The van der Waals surface area contributed by atoms with E-state index in [0.29, 0.717) is 12.5 Å². The van der Waals surface area contributed by atoms with Crippen molar-refractivity contribution >= 4 is 5.96 Å². The van der Waals surface area contributed by atoms with Crippen molar-refractivity contribution in [1.82, 2.24) is 20.0 Å². The molecule has 2 aromatic rings. The van der Waals surface area contributed by atoms with Gasteiger partial charge in [-0.2, -0.15) is 5.10 Å². The van der Waals surface area contributed by atoms with Gasteiger partial charge in [0, 0.05) is 39.6 Å². The van der Waals surface area contributed by atoms with Crippen LogP contribution in [-0.2, 0) is 13.1 Å². The van der Waals surface area contributed by atoms with E-state index in [4.69, 9.17) is 0 Å². The summed E-state index contributed by atoms with van der Waals surface area (Å²) in [6.45, 7) is 4.67. The summed E-state index contributed by atoms with van der Waals surface area (Å²) < 4.78 is 1.96. The molecule has 0 aliphatic carbocycles. The maximum absolute atomic E-state index is 4.67. The van der Waals surface area contributed by atoms with Crippen LogP contribution < -0.4 is 5.32 Å². The van der Waals surface area contributed by atoms with E-state index in [2.05, 4.69) is 34.5 Å². The predicted octanol–water partition coefficient (Wildman–Crippen LogP) is 2.23. The second kappa shape index (κ2) is 8.22. The summed E-state index contributed by atoms with van der Waals surface area (Å²) >= 11 is 0. The lowest BCUT2D eigenvalue weighted by molar-refractivity contribution is 0.436. The maximum atomic E-state index is 4.67. The second-order valence-electron chi connectivity index (χ2n) is 5.73. The van der Waals surface area contributed by atoms with E-state index in [1.54, 1.807) is 0 Å². The van der Waals surface area contributed by atoms with Gasteiger partial charge in [-0.1, -0.05) is 37.3 Å². The van der Waals surface area contributed by atoms with Crippen molar-refractivity contribution < 1.29 is 0 Å². The molecule has 22 heavy (non-hydrogen) atoms. The van der Waals surface area contributed by atoms with Crippen LogP contribution in [0.2, 0.25) is 0 Å². The number of rotatable bonds is 6. The van der Waals surface area contributed by atoms with Crippen molar-refractivity contribution in [2.45, 2.75) is 20.0 Å². The second-order valence-corrected chi connectivity index (χ2v) is 5.73. The topological polar surface area (TPSA) is 45.5 Å². The fourth-order valence-corrected chi connectivity index (χ4v) is 2.16. The highest BCUT2D eigenvalue weighted by Crippen LogP contribution is 2.02. The zero-order valence-electron chi connectivity index (χ0n) is 13.6. The molecule has 5 heteroatoms. The molecule has 1 aromatic heterocycles. The summed E-state index contributed by atoms with van der Waals surface area (Å²) in [6.07, 6.45) is 3.81. The van der Waals surface area contributed by atoms with Crippen LogP contribution in [0.15, 0.2) is 53.8 Å². The zero-order valence-corrected chi connectivity index (χ0v) is 13.6. The van der Waals surface area contributed by atoms with Crippen LogP contribution in [0, 0.1) is 5.92 Å². The Kier molecular flexibility index (Phi) is 6.01. The van der Waals surface area contributed by atoms with Crippen LogP contribution in [0.5, 0.6) is 0 Å². The van der Waals surface area contributed by atoms with Gasteiger partial charge in [-0.3, -0.25) is 4.68 Å². The average Bonchev–Trinajstić information content (AvgIpc) is 3.00. The Labute approximate surface area is 132 Å². The molecule has 1 aromatic carbocycles. The highest BCUT2D eigenvalue weighted by molar-refractivity contribution is 5.79. The van der Waals surface area contributed by atoms with Crippen LogP contribution in [0.1, 0.15) is 12.5 Å². The SMILES string of the molecule is CC(CNC(=NCc1ccccc1)N(C)C)Cn1cccn1. The van der Waals surface area contributed by atoms with Crippen LogP contribution in [0.3, 0.4) is 0 Å². The normalized spacial score (nSPS) is 13.0. The molecule has 0 saturated heterocycles. The van der Waals surface area contributed by atoms with E-state index >= 15 is 0 Å². The molecule has 0 spiro atoms. The minimum Gasteiger partial charge on any atom is -0.356 e. The lowest BCUT2D eigenvalue weighted by Crippen LogP contribution is -2.39. The number of aromatic nitrogens is 2. The standard InChI is InChI=1S/C17H25N5/c1-15(14-22-11-7-10-20-22)12-18-17(21(2)3)19-13-16-8-5-4-6-9-16/h4-11,15H,12-14H2,1-3H3,(H,18,19). The fraction of sp³-hybridized carbons (Fsp3) is 0.412. The van der Waals surface area contributed by atoms with Crippen molar-refractivity contribution in [1.29, 1.82) is 0 Å². The monoisotopic (exact) mass is 299 g/mol. The first-order valence-corrected chi connectivity index (χ1v) is 7.62. The number of nitrogens with one attached hydrogen (secondary N) is 1. The highest BCUT2D eigenvalue weighted by atomic mass is 15.3. The quantitative estimate of drug-likeness (QED) is 0.657. The Hall–Kier alpha value is -2.30. The van der Waals surface area contributed by atoms with E-state index in [1.165, 1.54) is 5.56 Å². The Morgan fingerprint density at radius 2 is 2.05 bits per heavy atom. The third kappa shape index (κ3) is 5.24. The number of hydrogen-bond donors (Lipinski definition) is 1. The molecule has 2 rings (SSSR count). The van der Waals surface area contributed by atoms with Crippen molar-refractivity contribution in [2.75, 3.05) is 20.6 Å². The number of benzene rings is 1. The first-order valence-electron chi connectivity index (χ1n) is 7.62. The van der Waals surface area contributed by atoms with E-state index < -0.39 is 0 Å². The minimum atomic E-state index is 0.474. The molecule has 0 aliphatic rings. The molecule has 1 N–H and O–H groups in total. The smallest absolute Gasteiger partial charge is 0.193 e. The zero-order chi connectivity index (χ0) is 15.8. The third-order valence-corrected chi connectivity index (χ3v) is 3.34. The molecule has 0 saturated carbocycles. The molecule has 0 aliphatic heterocycles. The fourth-order valence-electron chi connectivity index (χ4n) is 2.16. The van der Waals surface area contributed by atoms with Crippen molar-refractivity contribution in [3.8, 4) is 0 Å². The van der Waals surface area contributed by atoms with Gasteiger partial charge in [0.1, 0.15) is 0 Å². The van der Waals surface area contributed by atoms with Gasteiger partial charge in [-0.05, 0) is 17.5 Å². The van der Waals surface area contributed by atoms with E-state index in [9.17, 15) is 0 Å². The van der Waals surface area contributed by atoms with Crippen LogP contribution in [0.4, 0.5) is 0 Å². The predicted molar refractivity (Wildman–Crippen MR) is 90.7 cm³/mol. The minimum absolute atomic E-state index is 0.474. The Balaban J connectivity index is 1.86. The number of aliphatic imine (C=N–C) groups is 1. The van der Waals surface area contributed by atoms with Gasteiger partial charge in [-0.25, -0.2) is 4.99 Å². The van der Waals surface area contributed by atoms with Gasteiger partial charge in [0.2, 0.25) is 0 Å². The summed E-state index contributed by atoms with van der Waals surface area (Å²) in [4.78, 5) is 6.69. The summed E-state index contributed by atoms with van der Waals surface area (Å²) in [5.41, 5.74) is 1.22. The van der Waals surface area contributed by atoms with Gasteiger partial charge in [0.15, 0.2) is 5.96 Å². The largest absolute Gasteiger partial charge is 0.356 e. The first kappa shape index (κ1) is 16.1. The average molecular weight is 299 g/mol. The van der Waals surface area contributed by atoms with Crippen LogP contribution >= 0.6 is 0 Å². The molecule has 0 fully saturated rings. The first-order chi connectivity index (χ1) is 10.6. The Morgan fingerprint density at radius 1 is 1.27 bits per heavy atom. The molecule has 118 valence electrons. The molecular weight excluding hydrogens is 274 g/mol. The summed E-state index contributed by atoms with van der Waals surface area (Å²) in [5.74, 6) is 1.39. The maximum Gasteiger partial charge on any atom is 0.193 e. The Morgan fingerprint density at radius 3 is 2.68 bits per heavy atom. The van der Waals surface area contributed by atoms with Gasteiger partial charge in [0.05, 0.1) is 6.54 Å². The van der Waals surface area contributed by atoms with Crippen LogP contribution in [-0.4, -0.2) is 41.3 Å². The van der Waals surface area contributed by atoms with Gasteiger partial charge in [-0.15, -0.1) is 0 Å². The van der Waals surface area contributed by atoms with Crippen LogP contribution in [0.25, 0.3) is 0 Å². The lowest BCUT2D eigenvalue weighted by atomic mass is 10.2. The van der Waals surface area contributed by atoms with Crippen molar-refractivity contribution in [3.63, 3.8) is 0 Å². The lowest BCUT2D eigenvalue weighted by Gasteiger charge is -2.20. The van der Waals surface area contributed by atoms with Crippen molar-refractivity contribution in [2.24, 2.45) is 10.9 Å². The molecule has 5 nitrogen and oxygen atoms in total. The molecule has 1 heterocycles. The third-order valence-electron chi connectivity index (χ3n) is 3.34. The summed E-state index contributed by atoms with van der Waals surface area (Å²) in [6, 6.07) is 12.2. The highest BCUT2D eigenvalue weighted by Gasteiger charge is 2.07. The molecule has 0 radical (unpaired) electrons. The molecule has 1 atom stereocenters. The van der Waals surface area contributed by atoms with E-state index in [-0.39, 0.29) is 0 Å². The number of hydrogen-bond acceptors (Lipinski definition) is 2. The number of guanidine groups is 1. The molecule has 0 bridgehead atoms. The summed E-state index contributed by atoms with van der Waals surface area (Å²) in [7, 11) is 4.02. The van der Waals surface area contributed by atoms with Gasteiger partial charge < -0.3 is 10.2 Å². The molecule has 0 amide bonds. The summed E-state index contributed by atoms with van der Waals surface area (Å²) in [5, 5.41) is 7.68. The van der Waals surface area contributed by atoms with E-state index in [1.807, 2.05) is 60.3 Å². The van der Waals surface area contributed by atoms with Gasteiger partial charge in [0.25, 0.3) is 0 Å². The van der Waals surface area contributed by atoms with Crippen molar-refractivity contribution in [3.05, 3.63) is 54.4 Å². The Bertz CT molecular complexity index is 560. The van der Waals surface area contributed by atoms with E-state index in [0.717, 1.165) is 19.0 Å². The number of nitrogens with zero attached hydrogens (tertiary/aromatic N) is 4. The van der Waals surface area contributed by atoms with Gasteiger partial charge >= 0.3 is 0 Å². The molecular formula is C17H25N5.